The summed E-state index contributed by atoms with van der Waals surface area (Å²) in [4.78, 5) is 1.63. The number of anilines is 2. The first-order chi connectivity index (χ1) is 14.9. The zero-order chi connectivity index (χ0) is 24.0. The monoisotopic (exact) mass is 476 g/mol. The van der Waals surface area contributed by atoms with Crippen LogP contribution in [0.2, 0.25) is 0 Å². The maximum atomic E-state index is 14.2. The van der Waals surface area contributed by atoms with E-state index in [-0.39, 0.29) is 5.69 Å². The fraction of sp³-hybridized carbons (Fsp3) is 0.429. The molecule has 0 amide bonds. The third-order valence-corrected chi connectivity index (χ3v) is 6.64. The number of aliphatic hydroxyl groups excluding tert-OH is 1. The SMILES string of the molecule is CCCN1c2ccc(NS(=O)(=O)Cc3c(F)c(F)c(C)c(F)c3F)c(C)c2C(C)OC1O. The molecule has 0 radical (unpaired) electrons. The normalized spacial score (nSPS) is 18.6. The summed E-state index contributed by atoms with van der Waals surface area (Å²) in [5.74, 6) is -8.08. The summed E-state index contributed by atoms with van der Waals surface area (Å²) >= 11 is 0. The van der Waals surface area contributed by atoms with Crippen LogP contribution in [0.3, 0.4) is 0 Å². The highest BCUT2D eigenvalue weighted by molar-refractivity contribution is 7.91. The van der Waals surface area contributed by atoms with E-state index in [9.17, 15) is 31.1 Å². The summed E-state index contributed by atoms with van der Waals surface area (Å²) in [5.41, 5.74) is -0.197. The molecular formula is C21H24F4N2O4S. The second-order valence-electron chi connectivity index (χ2n) is 7.69. The lowest BCUT2D eigenvalue weighted by Crippen LogP contribution is -2.42. The lowest BCUT2D eigenvalue weighted by atomic mass is 9.98. The standard InChI is InChI=1S/C21H24F4N2O4S/c1-5-8-27-15-7-6-14(10(2)16(15)12(4)31-21(27)28)26-32(29,30)9-13-19(24)17(22)11(3)18(23)20(13)25/h6-7,12,21,26,28H,5,8-9H2,1-4H3. The number of sulfonamides is 1. The molecule has 2 aromatic carbocycles. The number of halogens is 4. The van der Waals surface area contributed by atoms with Crippen LogP contribution < -0.4 is 9.62 Å². The van der Waals surface area contributed by atoms with Gasteiger partial charge in [-0.05, 0) is 44.9 Å². The third-order valence-electron chi connectivity index (χ3n) is 5.44. The van der Waals surface area contributed by atoms with Gasteiger partial charge in [0, 0.05) is 28.9 Å². The van der Waals surface area contributed by atoms with Crippen LogP contribution in [0, 0.1) is 37.1 Å². The molecule has 2 N–H and O–H groups in total. The van der Waals surface area contributed by atoms with Gasteiger partial charge in [-0.3, -0.25) is 4.72 Å². The van der Waals surface area contributed by atoms with Crippen LogP contribution in [0.15, 0.2) is 12.1 Å². The third kappa shape index (κ3) is 4.28. The van der Waals surface area contributed by atoms with Gasteiger partial charge in [0.15, 0.2) is 23.3 Å². The van der Waals surface area contributed by atoms with Crippen molar-refractivity contribution in [2.45, 2.75) is 52.4 Å². The molecule has 0 aliphatic carbocycles. The van der Waals surface area contributed by atoms with E-state index in [0.29, 0.717) is 23.4 Å². The highest BCUT2D eigenvalue weighted by atomic mass is 32.2. The van der Waals surface area contributed by atoms with E-state index in [0.717, 1.165) is 13.3 Å². The first kappa shape index (κ1) is 24.3. The van der Waals surface area contributed by atoms with Crippen molar-refractivity contribution in [3.63, 3.8) is 0 Å². The molecule has 1 aliphatic rings. The average Bonchev–Trinajstić information content (AvgIpc) is 2.72. The summed E-state index contributed by atoms with van der Waals surface area (Å²) in [6.07, 6.45) is -0.993. The second-order valence-corrected chi connectivity index (χ2v) is 9.41. The predicted molar refractivity (Wildman–Crippen MR) is 112 cm³/mol. The van der Waals surface area contributed by atoms with E-state index in [1.165, 1.54) is 6.07 Å². The quantitative estimate of drug-likeness (QED) is 0.478. The molecule has 176 valence electrons. The van der Waals surface area contributed by atoms with Crippen LogP contribution >= 0.6 is 0 Å². The van der Waals surface area contributed by atoms with E-state index in [4.69, 9.17) is 4.74 Å². The molecule has 11 heteroatoms. The molecular weight excluding hydrogens is 452 g/mol. The van der Waals surface area contributed by atoms with E-state index in [2.05, 4.69) is 4.72 Å². The van der Waals surface area contributed by atoms with E-state index in [1.807, 2.05) is 6.92 Å². The van der Waals surface area contributed by atoms with Crippen molar-refractivity contribution in [3.8, 4) is 0 Å². The molecule has 0 saturated heterocycles. The summed E-state index contributed by atoms with van der Waals surface area (Å²) in [7, 11) is -4.45. The van der Waals surface area contributed by atoms with Gasteiger partial charge in [-0.15, -0.1) is 0 Å². The highest BCUT2D eigenvalue weighted by Crippen LogP contribution is 2.41. The van der Waals surface area contributed by atoms with E-state index >= 15 is 0 Å². The molecule has 0 fully saturated rings. The van der Waals surface area contributed by atoms with Gasteiger partial charge in [-0.1, -0.05) is 6.92 Å². The topological polar surface area (TPSA) is 78.9 Å². The van der Waals surface area contributed by atoms with Crippen molar-refractivity contribution in [3.05, 3.63) is 57.7 Å². The minimum Gasteiger partial charge on any atom is -0.351 e. The fourth-order valence-electron chi connectivity index (χ4n) is 3.81. The maximum Gasteiger partial charge on any atom is 0.238 e. The van der Waals surface area contributed by atoms with Crippen LogP contribution in [0.5, 0.6) is 0 Å². The number of fused-ring (bicyclic) bond motifs is 1. The van der Waals surface area contributed by atoms with Crippen LogP contribution in [0.4, 0.5) is 28.9 Å². The summed E-state index contributed by atoms with van der Waals surface area (Å²) in [5, 5.41) is 10.2. The van der Waals surface area contributed by atoms with Crippen LogP contribution in [0.1, 0.15) is 48.6 Å². The average molecular weight is 476 g/mol. The van der Waals surface area contributed by atoms with E-state index in [1.54, 1.807) is 24.8 Å². The van der Waals surface area contributed by atoms with Gasteiger partial charge in [0.1, 0.15) is 5.75 Å². The summed E-state index contributed by atoms with van der Waals surface area (Å²) in [6, 6.07) is 3.05. The Morgan fingerprint density at radius 2 is 1.66 bits per heavy atom. The van der Waals surface area contributed by atoms with Gasteiger partial charge in [0.25, 0.3) is 0 Å². The van der Waals surface area contributed by atoms with Crippen LogP contribution in [-0.4, -0.2) is 26.5 Å². The van der Waals surface area contributed by atoms with Crippen molar-refractivity contribution in [2.75, 3.05) is 16.2 Å². The zero-order valence-corrected chi connectivity index (χ0v) is 18.8. The molecule has 2 unspecified atom stereocenters. The minimum absolute atomic E-state index is 0.112. The fourth-order valence-corrected chi connectivity index (χ4v) is 5.07. The highest BCUT2D eigenvalue weighted by Gasteiger charge is 2.32. The Balaban J connectivity index is 1.97. The number of benzene rings is 2. The molecule has 2 atom stereocenters. The number of aliphatic hydroxyl groups is 1. The van der Waals surface area contributed by atoms with Crippen LogP contribution in [-0.2, 0) is 20.5 Å². The van der Waals surface area contributed by atoms with Gasteiger partial charge in [-0.2, -0.15) is 0 Å². The summed E-state index contributed by atoms with van der Waals surface area (Å²) in [6.45, 7) is 6.60. The zero-order valence-electron chi connectivity index (χ0n) is 18.0. The van der Waals surface area contributed by atoms with Gasteiger partial charge >= 0.3 is 0 Å². The smallest absolute Gasteiger partial charge is 0.238 e. The Bertz CT molecular complexity index is 1130. The summed E-state index contributed by atoms with van der Waals surface area (Å²) < 4.78 is 89.0. The molecule has 3 rings (SSSR count). The van der Waals surface area contributed by atoms with Gasteiger partial charge in [0.2, 0.25) is 16.4 Å². The molecule has 0 aromatic heterocycles. The van der Waals surface area contributed by atoms with Crippen molar-refractivity contribution < 1.29 is 35.8 Å². The van der Waals surface area contributed by atoms with Gasteiger partial charge in [0.05, 0.1) is 11.8 Å². The molecule has 0 saturated carbocycles. The van der Waals surface area contributed by atoms with Crippen molar-refractivity contribution in [1.82, 2.24) is 0 Å². The number of hydrogen-bond donors (Lipinski definition) is 2. The van der Waals surface area contributed by atoms with Crippen molar-refractivity contribution >= 4 is 21.4 Å². The largest absolute Gasteiger partial charge is 0.351 e. The lowest BCUT2D eigenvalue weighted by molar-refractivity contribution is -0.140. The molecule has 2 aromatic rings. The predicted octanol–water partition coefficient (Wildman–Crippen LogP) is 4.39. The first-order valence-electron chi connectivity index (χ1n) is 9.95. The molecule has 6 nitrogen and oxygen atoms in total. The Kier molecular flexibility index (Phi) is 6.73. The Hall–Kier alpha value is -2.37. The molecule has 0 bridgehead atoms. The van der Waals surface area contributed by atoms with Gasteiger partial charge in [-0.25, -0.2) is 26.0 Å². The van der Waals surface area contributed by atoms with Crippen molar-refractivity contribution in [1.29, 1.82) is 0 Å². The van der Waals surface area contributed by atoms with Gasteiger partial charge < -0.3 is 14.7 Å². The molecule has 32 heavy (non-hydrogen) atoms. The number of nitrogens with one attached hydrogen (secondary N) is 1. The first-order valence-corrected chi connectivity index (χ1v) is 11.6. The Labute approximate surface area is 183 Å². The number of rotatable bonds is 6. The van der Waals surface area contributed by atoms with Crippen LogP contribution in [0.25, 0.3) is 0 Å². The molecule has 0 spiro atoms. The lowest BCUT2D eigenvalue weighted by Gasteiger charge is -2.39. The molecule has 1 heterocycles. The number of nitrogens with zero attached hydrogens (tertiary/aromatic N) is 1. The number of ether oxygens (including phenoxy) is 1. The van der Waals surface area contributed by atoms with E-state index < -0.39 is 62.7 Å². The number of hydrogen-bond acceptors (Lipinski definition) is 5. The maximum absolute atomic E-state index is 14.2. The molecule has 1 aliphatic heterocycles. The minimum atomic E-state index is -4.45. The van der Waals surface area contributed by atoms with Crippen molar-refractivity contribution in [2.24, 2.45) is 0 Å². The second kappa shape index (κ2) is 8.87. The Morgan fingerprint density at radius 1 is 1.06 bits per heavy atom. The Morgan fingerprint density at radius 3 is 2.22 bits per heavy atom.